The van der Waals surface area contributed by atoms with Crippen LogP contribution in [-0.2, 0) is 5.75 Å². The van der Waals surface area contributed by atoms with Gasteiger partial charge in [0, 0.05) is 4.90 Å². The molecule has 1 heterocycles. The molecule has 6 heteroatoms. The third kappa shape index (κ3) is 3.70. The molecule has 0 amide bonds. The van der Waals surface area contributed by atoms with Crippen molar-refractivity contribution >= 4 is 27.7 Å². The number of nitrogens with one attached hydrogen (secondary N) is 1. The van der Waals surface area contributed by atoms with E-state index in [2.05, 4.69) is 25.9 Å². The maximum absolute atomic E-state index is 13.1. The molecule has 0 fully saturated rings. The molecule has 20 heavy (non-hydrogen) atoms. The summed E-state index contributed by atoms with van der Waals surface area (Å²) in [5.74, 6) is 0.974. The Morgan fingerprint density at radius 3 is 2.85 bits per heavy atom. The van der Waals surface area contributed by atoms with Crippen LogP contribution in [0.15, 0.2) is 38.4 Å². The van der Waals surface area contributed by atoms with Crippen LogP contribution >= 0.6 is 27.7 Å². The van der Waals surface area contributed by atoms with Gasteiger partial charge in [-0.05, 0) is 40.0 Å². The van der Waals surface area contributed by atoms with Crippen molar-refractivity contribution in [1.82, 2.24) is 9.97 Å². The highest BCUT2D eigenvalue weighted by Gasteiger charge is 2.12. The van der Waals surface area contributed by atoms with Crippen molar-refractivity contribution < 1.29 is 4.39 Å². The molecular formula is C14H14BrFN2OS. The van der Waals surface area contributed by atoms with E-state index in [9.17, 15) is 9.18 Å². The Kier molecular flexibility index (Phi) is 4.99. The minimum Gasteiger partial charge on any atom is -0.309 e. The van der Waals surface area contributed by atoms with E-state index < -0.39 is 0 Å². The SMILES string of the molecule is CC(C)c1nc(CSc2cccc(F)c2)[nH]c(=O)c1Br. The van der Waals surface area contributed by atoms with Crippen LogP contribution in [0.3, 0.4) is 0 Å². The molecule has 0 unspecified atom stereocenters. The van der Waals surface area contributed by atoms with Gasteiger partial charge in [-0.3, -0.25) is 4.79 Å². The number of aromatic nitrogens is 2. The molecule has 0 spiro atoms. The second-order valence-corrected chi connectivity index (χ2v) is 6.45. The zero-order valence-electron chi connectivity index (χ0n) is 11.1. The fourth-order valence-electron chi connectivity index (χ4n) is 1.68. The molecule has 0 aliphatic rings. The van der Waals surface area contributed by atoms with E-state index in [4.69, 9.17) is 0 Å². The van der Waals surface area contributed by atoms with E-state index in [0.29, 0.717) is 16.0 Å². The topological polar surface area (TPSA) is 45.8 Å². The quantitative estimate of drug-likeness (QED) is 0.839. The number of halogens is 2. The molecule has 1 aromatic carbocycles. The first kappa shape index (κ1) is 15.3. The van der Waals surface area contributed by atoms with Crippen LogP contribution in [0.5, 0.6) is 0 Å². The summed E-state index contributed by atoms with van der Waals surface area (Å²) in [6, 6.07) is 6.36. The summed E-state index contributed by atoms with van der Waals surface area (Å²) >= 11 is 4.69. The number of thioether (sulfide) groups is 1. The lowest BCUT2D eigenvalue weighted by Gasteiger charge is -2.09. The standard InChI is InChI=1S/C14H14BrFN2OS/c1-8(2)13-12(15)14(19)18-11(17-13)7-20-10-5-3-4-9(16)6-10/h3-6,8H,7H2,1-2H3,(H,17,18,19). The van der Waals surface area contributed by atoms with E-state index in [-0.39, 0.29) is 17.3 Å². The fraction of sp³-hybridized carbons (Fsp3) is 0.286. The molecule has 2 aromatic rings. The highest BCUT2D eigenvalue weighted by Crippen LogP contribution is 2.24. The van der Waals surface area contributed by atoms with Crippen molar-refractivity contribution in [2.24, 2.45) is 0 Å². The molecule has 1 aromatic heterocycles. The number of benzene rings is 1. The maximum Gasteiger partial charge on any atom is 0.265 e. The molecule has 0 aliphatic carbocycles. The molecule has 0 saturated carbocycles. The predicted octanol–water partition coefficient (Wildman–Crippen LogP) is 4.09. The molecule has 0 aliphatic heterocycles. The molecule has 0 atom stereocenters. The minimum absolute atomic E-state index is 0.157. The Hall–Kier alpha value is -1.14. The van der Waals surface area contributed by atoms with E-state index >= 15 is 0 Å². The maximum atomic E-state index is 13.1. The number of nitrogens with zero attached hydrogens (tertiary/aromatic N) is 1. The van der Waals surface area contributed by atoms with Gasteiger partial charge in [0.15, 0.2) is 0 Å². The molecule has 3 nitrogen and oxygen atoms in total. The fourth-order valence-corrected chi connectivity index (χ4v) is 3.14. The van der Waals surface area contributed by atoms with Crippen LogP contribution in [0.1, 0.15) is 31.3 Å². The van der Waals surface area contributed by atoms with Gasteiger partial charge in [-0.15, -0.1) is 11.8 Å². The highest BCUT2D eigenvalue weighted by atomic mass is 79.9. The van der Waals surface area contributed by atoms with Gasteiger partial charge in [0.05, 0.1) is 11.4 Å². The van der Waals surface area contributed by atoms with Gasteiger partial charge in [-0.1, -0.05) is 19.9 Å². The van der Waals surface area contributed by atoms with E-state index in [1.54, 1.807) is 6.07 Å². The molecule has 2 rings (SSSR count). The van der Waals surface area contributed by atoms with Crippen LogP contribution in [0, 0.1) is 5.82 Å². The Bertz CT molecular complexity index is 672. The van der Waals surface area contributed by atoms with Crippen molar-refractivity contribution in [3.05, 3.63) is 56.4 Å². The average Bonchev–Trinajstić information content (AvgIpc) is 2.39. The van der Waals surface area contributed by atoms with Gasteiger partial charge in [0.25, 0.3) is 5.56 Å². The molecule has 0 radical (unpaired) electrons. The number of hydrogen-bond acceptors (Lipinski definition) is 3. The van der Waals surface area contributed by atoms with E-state index in [1.807, 2.05) is 19.9 Å². The first-order valence-corrected chi connectivity index (χ1v) is 7.92. The van der Waals surface area contributed by atoms with Gasteiger partial charge in [-0.25, -0.2) is 9.37 Å². The molecule has 106 valence electrons. The summed E-state index contributed by atoms with van der Waals surface area (Å²) in [6.45, 7) is 3.96. The second-order valence-electron chi connectivity index (χ2n) is 4.61. The Morgan fingerprint density at radius 2 is 2.20 bits per heavy atom. The summed E-state index contributed by atoms with van der Waals surface area (Å²) in [6.07, 6.45) is 0. The Morgan fingerprint density at radius 1 is 1.45 bits per heavy atom. The smallest absolute Gasteiger partial charge is 0.265 e. The van der Waals surface area contributed by atoms with E-state index in [1.165, 1.54) is 23.9 Å². The molecule has 0 saturated heterocycles. The number of aromatic amines is 1. The first-order chi connectivity index (χ1) is 9.47. The van der Waals surface area contributed by atoms with Crippen molar-refractivity contribution in [3.63, 3.8) is 0 Å². The third-order valence-corrected chi connectivity index (χ3v) is 4.43. The Labute approximate surface area is 129 Å². The van der Waals surface area contributed by atoms with Gasteiger partial charge in [0.1, 0.15) is 16.1 Å². The lowest BCUT2D eigenvalue weighted by atomic mass is 10.1. The second kappa shape index (κ2) is 6.54. The lowest BCUT2D eigenvalue weighted by Crippen LogP contribution is -2.16. The number of rotatable bonds is 4. The molecule has 0 bridgehead atoms. The number of H-pyrrole nitrogens is 1. The van der Waals surface area contributed by atoms with Crippen LogP contribution in [0.2, 0.25) is 0 Å². The van der Waals surface area contributed by atoms with Crippen LogP contribution in [0.4, 0.5) is 4.39 Å². The lowest BCUT2D eigenvalue weighted by molar-refractivity contribution is 0.624. The first-order valence-electron chi connectivity index (χ1n) is 6.14. The number of hydrogen-bond donors (Lipinski definition) is 1. The monoisotopic (exact) mass is 356 g/mol. The van der Waals surface area contributed by atoms with Gasteiger partial charge in [0.2, 0.25) is 0 Å². The van der Waals surface area contributed by atoms with E-state index in [0.717, 1.165) is 10.6 Å². The van der Waals surface area contributed by atoms with Crippen molar-refractivity contribution in [2.75, 3.05) is 0 Å². The van der Waals surface area contributed by atoms with Gasteiger partial charge in [-0.2, -0.15) is 0 Å². The highest BCUT2D eigenvalue weighted by molar-refractivity contribution is 9.10. The van der Waals surface area contributed by atoms with Crippen molar-refractivity contribution in [3.8, 4) is 0 Å². The minimum atomic E-state index is -0.268. The summed E-state index contributed by atoms with van der Waals surface area (Å²) < 4.78 is 13.6. The van der Waals surface area contributed by atoms with Crippen LogP contribution in [-0.4, -0.2) is 9.97 Å². The van der Waals surface area contributed by atoms with Gasteiger partial charge >= 0.3 is 0 Å². The Balaban J connectivity index is 2.20. The summed E-state index contributed by atoms with van der Waals surface area (Å²) in [5, 5.41) is 0. The third-order valence-electron chi connectivity index (χ3n) is 2.66. The van der Waals surface area contributed by atoms with Crippen molar-refractivity contribution in [1.29, 1.82) is 0 Å². The largest absolute Gasteiger partial charge is 0.309 e. The van der Waals surface area contributed by atoms with Crippen LogP contribution in [0.25, 0.3) is 0 Å². The summed E-state index contributed by atoms with van der Waals surface area (Å²) in [7, 11) is 0. The van der Waals surface area contributed by atoms with Gasteiger partial charge < -0.3 is 4.98 Å². The average molecular weight is 357 g/mol. The zero-order valence-corrected chi connectivity index (χ0v) is 13.5. The zero-order chi connectivity index (χ0) is 14.7. The summed E-state index contributed by atoms with van der Waals surface area (Å²) in [5.41, 5.74) is 0.558. The van der Waals surface area contributed by atoms with Crippen LogP contribution < -0.4 is 5.56 Å². The molecular weight excluding hydrogens is 343 g/mol. The summed E-state index contributed by atoms with van der Waals surface area (Å²) in [4.78, 5) is 19.8. The normalized spacial score (nSPS) is 11.1. The predicted molar refractivity (Wildman–Crippen MR) is 82.6 cm³/mol. The van der Waals surface area contributed by atoms with Crippen molar-refractivity contribution in [2.45, 2.75) is 30.4 Å². The molecule has 1 N–H and O–H groups in total.